The molecule has 0 aliphatic heterocycles. The van der Waals surface area contributed by atoms with E-state index in [1.165, 1.54) is 135 Å². The second-order valence-electron chi connectivity index (χ2n) is 15.7. The van der Waals surface area contributed by atoms with Gasteiger partial charge in [-0.15, -0.1) is 0 Å². The molecule has 0 fully saturated rings. The lowest BCUT2D eigenvalue weighted by Crippen LogP contribution is -2.30. The van der Waals surface area contributed by atoms with Gasteiger partial charge in [-0.3, -0.25) is 14.4 Å². The highest BCUT2D eigenvalue weighted by Gasteiger charge is 2.19. The summed E-state index contributed by atoms with van der Waals surface area (Å²) in [7, 11) is 0. The van der Waals surface area contributed by atoms with Crippen LogP contribution in [-0.2, 0) is 28.6 Å². The summed E-state index contributed by atoms with van der Waals surface area (Å²) in [5, 5.41) is 0. The highest BCUT2D eigenvalue weighted by atomic mass is 16.6. The Hall–Kier alpha value is -2.11. The zero-order chi connectivity index (χ0) is 39.4. The Morgan fingerprint density at radius 1 is 0.352 bits per heavy atom. The summed E-state index contributed by atoms with van der Waals surface area (Å²) in [6.07, 6.45) is 47.3. The fourth-order valence-electron chi connectivity index (χ4n) is 6.59. The molecule has 0 amide bonds. The molecule has 0 spiro atoms. The second-order valence-corrected chi connectivity index (χ2v) is 15.7. The Bertz CT molecular complexity index is 880. The van der Waals surface area contributed by atoms with Crippen molar-refractivity contribution in [3.05, 3.63) is 24.3 Å². The van der Waals surface area contributed by atoms with E-state index in [0.29, 0.717) is 19.3 Å². The minimum Gasteiger partial charge on any atom is -0.462 e. The molecular formula is C48H88O6. The molecule has 0 rings (SSSR count). The molecule has 0 bridgehead atoms. The van der Waals surface area contributed by atoms with E-state index in [2.05, 4.69) is 45.1 Å². The number of unbranched alkanes of at least 4 members (excludes halogenated alkanes) is 27. The minimum absolute atomic E-state index is 0.0733. The van der Waals surface area contributed by atoms with Crippen LogP contribution in [0.5, 0.6) is 0 Å². The average Bonchev–Trinajstić information content (AvgIpc) is 3.17. The van der Waals surface area contributed by atoms with Crippen LogP contribution in [0.15, 0.2) is 24.3 Å². The van der Waals surface area contributed by atoms with Gasteiger partial charge < -0.3 is 14.2 Å². The van der Waals surface area contributed by atoms with E-state index in [1.807, 2.05) is 0 Å². The van der Waals surface area contributed by atoms with E-state index in [1.54, 1.807) is 0 Å². The van der Waals surface area contributed by atoms with Crippen molar-refractivity contribution in [3.63, 3.8) is 0 Å². The van der Waals surface area contributed by atoms with Crippen LogP contribution in [0.4, 0.5) is 0 Å². The highest BCUT2D eigenvalue weighted by Crippen LogP contribution is 2.14. The third kappa shape index (κ3) is 41.1. The molecule has 0 aromatic heterocycles. The van der Waals surface area contributed by atoms with E-state index in [-0.39, 0.29) is 31.1 Å². The summed E-state index contributed by atoms with van der Waals surface area (Å²) >= 11 is 0. The van der Waals surface area contributed by atoms with Gasteiger partial charge in [-0.05, 0) is 64.2 Å². The van der Waals surface area contributed by atoms with Crippen LogP contribution in [-0.4, -0.2) is 37.2 Å². The summed E-state index contributed by atoms with van der Waals surface area (Å²) in [6, 6.07) is 0. The molecule has 0 aliphatic rings. The SMILES string of the molecule is CCCC/C=C\CCCCCCCC(=O)OC(COC(=O)CCCCCCCCC/C=C\CCCCCC)COC(=O)CCCCCCCCCCCC. The molecule has 0 radical (unpaired) electrons. The Balaban J connectivity index is 4.34. The standard InChI is InChI=1S/C48H88O6/c1-4-7-10-13-16-19-22-23-24-25-27-29-32-35-38-41-47(50)53-44-45(43-52-46(49)40-37-34-31-28-21-18-15-12-9-6-3)54-48(51)42-39-36-33-30-26-20-17-14-11-8-5-2/h14,17,19,22,45H,4-13,15-16,18,20-21,23-44H2,1-3H3/b17-14-,22-19-. The molecule has 6 nitrogen and oxygen atoms in total. The maximum atomic E-state index is 12.7. The van der Waals surface area contributed by atoms with Gasteiger partial charge in [0.2, 0.25) is 0 Å². The number of carbonyl (C=O) groups excluding carboxylic acids is 3. The maximum Gasteiger partial charge on any atom is 0.306 e. The Morgan fingerprint density at radius 2 is 0.630 bits per heavy atom. The quantitative estimate of drug-likeness (QED) is 0.0267. The lowest BCUT2D eigenvalue weighted by Gasteiger charge is -2.18. The molecule has 0 N–H and O–H groups in total. The van der Waals surface area contributed by atoms with E-state index in [4.69, 9.17) is 14.2 Å². The molecule has 0 saturated heterocycles. The topological polar surface area (TPSA) is 78.9 Å². The van der Waals surface area contributed by atoms with Gasteiger partial charge in [0.05, 0.1) is 0 Å². The first-order valence-electron chi connectivity index (χ1n) is 23.3. The molecule has 1 unspecified atom stereocenters. The van der Waals surface area contributed by atoms with Gasteiger partial charge in [0.1, 0.15) is 13.2 Å². The van der Waals surface area contributed by atoms with Gasteiger partial charge in [0.15, 0.2) is 6.10 Å². The van der Waals surface area contributed by atoms with Crippen molar-refractivity contribution in [2.45, 2.75) is 252 Å². The van der Waals surface area contributed by atoms with Gasteiger partial charge in [-0.25, -0.2) is 0 Å². The molecule has 0 aliphatic carbocycles. The fraction of sp³-hybridized carbons (Fsp3) is 0.854. The largest absolute Gasteiger partial charge is 0.462 e. The molecule has 0 saturated carbocycles. The monoisotopic (exact) mass is 761 g/mol. The van der Waals surface area contributed by atoms with Gasteiger partial charge in [0, 0.05) is 19.3 Å². The van der Waals surface area contributed by atoms with Crippen molar-refractivity contribution in [2.75, 3.05) is 13.2 Å². The summed E-state index contributed by atoms with van der Waals surface area (Å²) in [4.78, 5) is 37.7. The molecule has 0 heterocycles. The normalized spacial score (nSPS) is 12.1. The van der Waals surface area contributed by atoms with Gasteiger partial charge in [-0.1, -0.05) is 186 Å². The zero-order valence-electron chi connectivity index (χ0n) is 36.0. The van der Waals surface area contributed by atoms with Crippen LogP contribution in [0.2, 0.25) is 0 Å². The van der Waals surface area contributed by atoms with Gasteiger partial charge >= 0.3 is 17.9 Å². The van der Waals surface area contributed by atoms with Crippen LogP contribution in [0.25, 0.3) is 0 Å². The molecule has 0 aromatic rings. The van der Waals surface area contributed by atoms with E-state index in [0.717, 1.165) is 70.6 Å². The molecule has 316 valence electrons. The predicted molar refractivity (Wildman–Crippen MR) is 229 cm³/mol. The van der Waals surface area contributed by atoms with Gasteiger partial charge in [-0.2, -0.15) is 0 Å². The molecule has 6 heteroatoms. The van der Waals surface area contributed by atoms with Crippen molar-refractivity contribution in [3.8, 4) is 0 Å². The summed E-state index contributed by atoms with van der Waals surface area (Å²) in [5.41, 5.74) is 0. The van der Waals surface area contributed by atoms with E-state index in [9.17, 15) is 14.4 Å². The number of allylic oxidation sites excluding steroid dienone is 4. The first-order chi connectivity index (χ1) is 26.5. The van der Waals surface area contributed by atoms with E-state index < -0.39 is 6.10 Å². The first-order valence-corrected chi connectivity index (χ1v) is 23.3. The Labute approximate surface area is 334 Å². The summed E-state index contributed by atoms with van der Waals surface area (Å²) in [6.45, 7) is 6.57. The number of esters is 3. The summed E-state index contributed by atoms with van der Waals surface area (Å²) in [5.74, 6) is -0.884. The zero-order valence-corrected chi connectivity index (χ0v) is 36.0. The lowest BCUT2D eigenvalue weighted by molar-refractivity contribution is -0.167. The molecule has 0 aromatic carbocycles. The van der Waals surface area contributed by atoms with Crippen LogP contribution in [0, 0.1) is 0 Å². The number of ether oxygens (including phenoxy) is 3. The third-order valence-corrected chi connectivity index (χ3v) is 10.2. The third-order valence-electron chi connectivity index (χ3n) is 10.2. The van der Waals surface area contributed by atoms with Crippen LogP contribution < -0.4 is 0 Å². The number of carbonyl (C=O) groups is 3. The van der Waals surface area contributed by atoms with Crippen LogP contribution in [0.1, 0.15) is 245 Å². The number of hydrogen-bond acceptors (Lipinski definition) is 6. The van der Waals surface area contributed by atoms with Crippen molar-refractivity contribution >= 4 is 17.9 Å². The Kier molecular flexibility index (Phi) is 41.9. The van der Waals surface area contributed by atoms with Crippen LogP contribution >= 0.6 is 0 Å². The van der Waals surface area contributed by atoms with Crippen molar-refractivity contribution in [2.24, 2.45) is 0 Å². The van der Waals surface area contributed by atoms with Crippen molar-refractivity contribution < 1.29 is 28.6 Å². The average molecular weight is 761 g/mol. The smallest absolute Gasteiger partial charge is 0.306 e. The molecular weight excluding hydrogens is 673 g/mol. The minimum atomic E-state index is -0.770. The highest BCUT2D eigenvalue weighted by molar-refractivity contribution is 5.71. The van der Waals surface area contributed by atoms with Crippen LogP contribution in [0.3, 0.4) is 0 Å². The fourth-order valence-corrected chi connectivity index (χ4v) is 6.59. The lowest BCUT2D eigenvalue weighted by atomic mass is 10.1. The number of rotatable bonds is 42. The van der Waals surface area contributed by atoms with Gasteiger partial charge in [0.25, 0.3) is 0 Å². The predicted octanol–water partition coefficient (Wildman–Crippen LogP) is 14.8. The molecule has 1 atom stereocenters. The van der Waals surface area contributed by atoms with Crippen molar-refractivity contribution in [1.29, 1.82) is 0 Å². The maximum absolute atomic E-state index is 12.7. The number of hydrogen-bond donors (Lipinski definition) is 0. The van der Waals surface area contributed by atoms with E-state index >= 15 is 0 Å². The second kappa shape index (κ2) is 43.6. The van der Waals surface area contributed by atoms with Crippen molar-refractivity contribution in [1.82, 2.24) is 0 Å². The first kappa shape index (κ1) is 51.9. The molecule has 54 heavy (non-hydrogen) atoms. The summed E-state index contributed by atoms with van der Waals surface area (Å²) < 4.78 is 16.7. The Morgan fingerprint density at radius 3 is 1.00 bits per heavy atom.